The molecule has 5 nitrogen and oxygen atoms in total. The molecule has 0 aliphatic carbocycles. The van der Waals surface area contributed by atoms with E-state index < -0.39 is 12.0 Å². The Morgan fingerprint density at radius 3 is 3.00 bits per heavy atom. The van der Waals surface area contributed by atoms with Crippen LogP contribution in [0.2, 0.25) is 0 Å². The van der Waals surface area contributed by atoms with E-state index in [-0.39, 0.29) is 12.5 Å². The van der Waals surface area contributed by atoms with Crippen molar-refractivity contribution in [1.29, 1.82) is 0 Å². The van der Waals surface area contributed by atoms with E-state index in [0.717, 1.165) is 0 Å². The molecule has 1 amide bonds. The molecule has 15 heavy (non-hydrogen) atoms. The SMILES string of the molecule is C=CCNCC(=O)N1CSCC1C(=O)O. The minimum Gasteiger partial charge on any atom is -0.480 e. The van der Waals surface area contributed by atoms with Crippen LogP contribution in [0.1, 0.15) is 0 Å². The summed E-state index contributed by atoms with van der Waals surface area (Å²) >= 11 is 1.46. The predicted octanol–water partition coefficient (Wildman–Crippen LogP) is -0.252. The highest BCUT2D eigenvalue weighted by Gasteiger charge is 2.33. The van der Waals surface area contributed by atoms with Gasteiger partial charge in [-0.15, -0.1) is 18.3 Å². The maximum absolute atomic E-state index is 11.6. The van der Waals surface area contributed by atoms with E-state index in [2.05, 4.69) is 11.9 Å². The Labute approximate surface area is 92.5 Å². The molecule has 0 saturated carbocycles. The molecule has 0 spiro atoms. The van der Waals surface area contributed by atoms with Crippen molar-refractivity contribution >= 4 is 23.6 Å². The second-order valence-corrected chi connectivity index (χ2v) is 4.14. The highest BCUT2D eigenvalue weighted by atomic mass is 32.2. The number of nitrogens with one attached hydrogen (secondary N) is 1. The second kappa shape index (κ2) is 5.77. The van der Waals surface area contributed by atoms with Gasteiger partial charge < -0.3 is 15.3 Å². The fourth-order valence-corrected chi connectivity index (χ4v) is 2.45. The van der Waals surface area contributed by atoms with Gasteiger partial charge in [0.2, 0.25) is 5.91 Å². The summed E-state index contributed by atoms with van der Waals surface area (Å²) in [5.41, 5.74) is 0. The molecule has 0 radical (unpaired) electrons. The van der Waals surface area contributed by atoms with Crippen molar-refractivity contribution in [3.63, 3.8) is 0 Å². The van der Waals surface area contributed by atoms with Crippen molar-refractivity contribution in [2.75, 3.05) is 24.7 Å². The number of aliphatic carboxylic acids is 1. The molecule has 1 atom stereocenters. The molecule has 0 aromatic rings. The number of rotatable bonds is 5. The predicted molar refractivity (Wildman–Crippen MR) is 58.7 cm³/mol. The van der Waals surface area contributed by atoms with Gasteiger partial charge in [0, 0.05) is 12.3 Å². The van der Waals surface area contributed by atoms with Gasteiger partial charge in [0.15, 0.2) is 0 Å². The van der Waals surface area contributed by atoms with Gasteiger partial charge in [-0.1, -0.05) is 6.08 Å². The summed E-state index contributed by atoms with van der Waals surface area (Å²) in [4.78, 5) is 23.8. The molecule has 6 heteroatoms. The number of hydrogen-bond donors (Lipinski definition) is 2. The molecule has 84 valence electrons. The largest absolute Gasteiger partial charge is 0.480 e. The third-order valence-corrected chi connectivity index (χ3v) is 3.06. The minimum atomic E-state index is -0.933. The van der Waals surface area contributed by atoms with E-state index in [1.807, 2.05) is 0 Å². The van der Waals surface area contributed by atoms with Crippen LogP contribution >= 0.6 is 11.8 Å². The first-order chi connectivity index (χ1) is 7.16. The van der Waals surface area contributed by atoms with Crippen molar-refractivity contribution in [2.45, 2.75) is 6.04 Å². The number of amides is 1. The van der Waals surface area contributed by atoms with Crippen LogP contribution in [0.4, 0.5) is 0 Å². The van der Waals surface area contributed by atoms with E-state index >= 15 is 0 Å². The Morgan fingerprint density at radius 2 is 2.40 bits per heavy atom. The van der Waals surface area contributed by atoms with Crippen molar-refractivity contribution in [2.24, 2.45) is 0 Å². The number of carbonyl (C=O) groups is 2. The molecule has 1 heterocycles. The number of carbonyl (C=O) groups excluding carboxylic acids is 1. The molecule has 1 unspecified atom stereocenters. The maximum atomic E-state index is 11.6. The molecule has 0 bridgehead atoms. The number of carboxylic acid groups (broad SMARTS) is 1. The van der Waals surface area contributed by atoms with Crippen molar-refractivity contribution < 1.29 is 14.7 Å². The minimum absolute atomic E-state index is 0.163. The van der Waals surface area contributed by atoms with E-state index in [9.17, 15) is 9.59 Å². The van der Waals surface area contributed by atoms with Gasteiger partial charge in [-0.25, -0.2) is 4.79 Å². The molecule has 2 N–H and O–H groups in total. The topological polar surface area (TPSA) is 69.6 Å². The Balaban J connectivity index is 2.43. The molecule has 1 rings (SSSR count). The summed E-state index contributed by atoms with van der Waals surface area (Å²) < 4.78 is 0. The standard InChI is InChI=1S/C9H14N2O3S/c1-2-3-10-4-8(12)11-6-15-5-7(11)9(13)14/h2,7,10H,1,3-6H2,(H,13,14). The van der Waals surface area contributed by atoms with Crippen LogP contribution in [0, 0.1) is 0 Å². The van der Waals surface area contributed by atoms with Crippen molar-refractivity contribution in [3.8, 4) is 0 Å². The average Bonchev–Trinajstić information content (AvgIpc) is 2.66. The third-order valence-electron chi connectivity index (χ3n) is 2.05. The smallest absolute Gasteiger partial charge is 0.327 e. The summed E-state index contributed by atoms with van der Waals surface area (Å²) in [5, 5.41) is 11.7. The van der Waals surface area contributed by atoms with E-state index in [4.69, 9.17) is 5.11 Å². The van der Waals surface area contributed by atoms with Crippen LogP contribution in [0.15, 0.2) is 12.7 Å². The van der Waals surface area contributed by atoms with Crippen LogP contribution in [-0.4, -0.2) is 52.6 Å². The van der Waals surface area contributed by atoms with Crippen molar-refractivity contribution in [1.82, 2.24) is 10.2 Å². The lowest BCUT2D eigenvalue weighted by molar-refractivity contribution is -0.147. The molecular weight excluding hydrogens is 216 g/mol. The third kappa shape index (κ3) is 3.24. The van der Waals surface area contributed by atoms with Crippen molar-refractivity contribution in [3.05, 3.63) is 12.7 Å². The monoisotopic (exact) mass is 230 g/mol. The number of thioether (sulfide) groups is 1. The molecule has 1 fully saturated rings. The van der Waals surface area contributed by atoms with E-state index in [1.165, 1.54) is 16.7 Å². The lowest BCUT2D eigenvalue weighted by Gasteiger charge is -2.20. The molecule has 1 aliphatic rings. The summed E-state index contributed by atoms with van der Waals surface area (Å²) in [5.74, 6) is -0.167. The molecule has 0 aromatic carbocycles. The van der Waals surface area contributed by atoms with Gasteiger partial charge in [0.1, 0.15) is 6.04 Å². The number of nitrogens with zero attached hydrogens (tertiary/aromatic N) is 1. The maximum Gasteiger partial charge on any atom is 0.327 e. The average molecular weight is 230 g/mol. The van der Waals surface area contributed by atoms with E-state index in [0.29, 0.717) is 18.2 Å². The van der Waals surface area contributed by atoms with Gasteiger partial charge in [-0.3, -0.25) is 4.79 Å². The Bertz CT molecular complexity index is 270. The van der Waals surface area contributed by atoms with Gasteiger partial charge >= 0.3 is 5.97 Å². The van der Waals surface area contributed by atoms with Gasteiger partial charge in [-0.05, 0) is 0 Å². The normalized spacial score (nSPS) is 20.3. The zero-order valence-electron chi connectivity index (χ0n) is 8.31. The second-order valence-electron chi connectivity index (χ2n) is 3.14. The molecule has 1 aliphatic heterocycles. The van der Waals surface area contributed by atoms with Crippen LogP contribution in [-0.2, 0) is 9.59 Å². The molecule has 0 aromatic heterocycles. The first kappa shape index (κ1) is 12.1. The lowest BCUT2D eigenvalue weighted by Crippen LogP contribution is -2.45. The quantitative estimate of drug-likeness (QED) is 0.503. The zero-order chi connectivity index (χ0) is 11.3. The highest BCUT2D eigenvalue weighted by molar-refractivity contribution is 7.99. The van der Waals surface area contributed by atoms with Crippen LogP contribution in [0.25, 0.3) is 0 Å². The first-order valence-electron chi connectivity index (χ1n) is 4.58. The highest BCUT2D eigenvalue weighted by Crippen LogP contribution is 2.20. The fourth-order valence-electron chi connectivity index (χ4n) is 1.28. The summed E-state index contributed by atoms with van der Waals surface area (Å²) in [6.45, 7) is 4.22. The summed E-state index contributed by atoms with van der Waals surface area (Å²) in [6, 6.07) is -0.673. The fraction of sp³-hybridized carbons (Fsp3) is 0.556. The van der Waals surface area contributed by atoms with Gasteiger partial charge in [0.05, 0.1) is 12.4 Å². The van der Waals surface area contributed by atoms with Crippen LogP contribution in [0.3, 0.4) is 0 Å². The molecular formula is C9H14N2O3S. The van der Waals surface area contributed by atoms with Crippen LogP contribution < -0.4 is 5.32 Å². The van der Waals surface area contributed by atoms with E-state index in [1.54, 1.807) is 6.08 Å². The zero-order valence-corrected chi connectivity index (χ0v) is 9.13. The van der Waals surface area contributed by atoms with Gasteiger partial charge in [-0.2, -0.15) is 0 Å². The lowest BCUT2D eigenvalue weighted by atomic mass is 10.3. The Hall–Kier alpha value is -1.01. The van der Waals surface area contributed by atoms with Gasteiger partial charge in [0.25, 0.3) is 0 Å². The molecule has 1 saturated heterocycles. The summed E-state index contributed by atoms with van der Waals surface area (Å²) in [7, 11) is 0. The first-order valence-corrected chi connectivity index (χ1v) is 5.74. The number of hydrogen-bond acceptors (Lipinski definition) is 4. The summed E-state index contributed by atoms with van der Waals surface area (Å²) in [6.07, 6.45) is 1.65. The number of carboxylic acids is 1. The Morgan fingerprint density at radius 1 is 1.67 bits per heavy atom. The Kier molecular flexibility index (Phi) is 4.64. The van der Waals surface area contributed by atoms with Crippen LogP contribution in [0.5, 0.6) is 0 Å².